The number of carbonyl (C=O) groups excluding carboxylic acids is 2. The summed E-state index contributed by atoms with van der Waals surface area (Å²) in [5.74, 6) is -2.98. The van der Waals surface area contributed by atoms with Gasteiger partial charge in [0.15, 0.2) is 43.5 Å². The lowest BCUT2D eigenvalue weighted by Crippen LogP contribution is -2.70. The first kappa shape index (κ1) is 55.4. The quantitative estimate of drug-likeness (QED) is 0.0448. The van der Waals surface area contributed by atoms with Crippen molar-refractivity contribution in [2.45, 2.75) is 123 Å². The SMILES string of the molecule is COC(=O)[C@H]1O[C@@H](O[C@H]2[C@H](OS(=O)(=O)O)[C@@H](N)[C@@H](O[C@H]3[C@H](O)[C@@H](OS(=O)(=O)O)[C@H](O[C@H]4[C@H](O)[C@@H](N)C(O)O[C@@H]4COS(=O)(=O)O)O[C@H]3C(=O)OC)O[C@@H]2COS(=O)(=O)O)[C@H](O)[C@@H](O)[C@@H]1O. The van der Waals surface area contributed by atoms with Crippen LogP contribution in [0.4, 0.5) is 0 Å². The largest absolute Gasteiger partial charge is 0.467 e. The molecule has 380 valence electrons. The molecule has 0 aromatic carbocycles. The summed E-state index contributed by atoms with van der Waals surface area (Å²) in [6.07, 6.45) is -42.9. The molecule has 65 heavy (non-hydrogen) atoms. The van der Waals surface area contributed by atoms with Crippen molar-refractivity contribution in [3.05, 3.63) is 0 Å². The van der Waals surface area contributed by atoms with Gasteiger partial charge in [-0.25, -0.2) is 26.3 Å². The van der Waals surface area contributed by atoms with E-state index in [4.69, 9.17) is 49.2 Å². The fraction of sp³-hybridized carbons (Fsp3) is 0.923. The highest BCUT2D eigenvalue weighted by Crippen LogP contribution is 2.36. The van der Waals surface area contributed by atoms with Crippen molar-refractivity contribution in [2.75, 3.05) is 27.4 Å². The second-order valence-corrected chi connectivity index (χ2v) is 18.1. The predicted molar refractivity (Wildman–Crippen MR) is 189 cm³/mol. The molecule has 0 bridgehead atoms. The molecular formula is C26H44N2O33S4. The summed E-state index contributed by atoms with van der Waals surface area (Å²) in [6.45, 7) is -2.83. The average Bonchev–Trinajstić information content (AvgIpc) is 3.19. The molecule has 39 heteroatoms. The van der Waals surface area contributed by atoms with Crippen LogP contribution in [0, 0.1) is 0 Å². The monoisotopic (exact) mass is 1040 g/mol. The van der Waals surface area contributed by atoms with E-state index in [2.05, 4.69) is 26.2 Å². The summed E-state index contributed by atoms with van der Waals surface area (Å²) in [6, 6.07) is -4.18. The predicted octanol–water partition coefficient (Wildman–Crippen LogP) is -10.1. The van der Waals surface area contributed by atoms with E-state index in [1.807, 2.05) is 0 Å². The van der Waals surface area contributed by atoms with Crippen LogP contribution in [0.25, 0.3) is 0 Å². The molecule has 4 fully saturated rings. The van der Waals surface area contributed by atoms with E-state index in [1.165, 1.54) is 0 Å². The second kappa shape index (κ2) is 21.6. The van der Waals surface area contributed by atoms with Crippen LogP contribution in [0.15, 0.2) is 0 Å². The highest BCUT2D eigenvalue weighted by Gasteiger charge is 2.59. The average molecular weight is 1040 g/mol. The number of hydrogen-bond donors (Lipinski definition) is 12. The molecule has 0 radical (unpaired) electrons. The van der Waals surface area contributed by atoms with Crippen molar-refractivity contribution in [3.63, 3.8) is 0 Å². The van der Waals surface area contributed by atoms with Crippen molar-refractivity contribution in [1.29, 1.82) is 0 Å². The van der Waals surface area contributed by atoms with Gasteiger partial charge >= 0.3 is 53.5 Å². The molecule has 4 aliphatic heterocycles. The highest BCUT2D eigenvalue weighted by molar-refractivity contribution is 7.81. The molecule has 4 saturated heterocycles. The van der Waals surface area contributed by atoms with E-state index >= 15 is 0 Å². The van der Waals surface area contributed by atoms with Gasteiger partial charge in [0, 0.05) is 0 Å². The normalized spacial score (nSPS) is 41.1. The van der Waals surface area contributed by atoms with Crippen LogP contribution < -0.4 is 11.5 Å². The van der Waals surface area contributed by atoms with Gasteiger partial charge in [0.25, 0.3) is 0 Å². The number of aliphatic hydroxyl groups is 6. The molecule has 0 amide bonds. The van der Waals surface area contributed by atoms with Crippen molar-refractivity contribution >= 4 is 53.5 Å². The van der Waals surface area contributed by atoms with Gasteiger partial charge < -0.3 is 84.7 Å². The zero-order valence-electron chi connectivity index (χ0n) is 32.6. The third kappa shape index (κ3) is 14.4. The number of esters is 2. The molecule has 0 saturated carbocycles. The molecule has 35 nitrogen and oxygen atoms in total. The van der Waals surface area contributed by atoms with Crippen LogP contribution in [0.2, 0.25) is 0 Å². The van der Waals surface area contributed by atoms with Crippen LogP contribution in [0.1, 0.15) is 0 Å². The van der Waals surface area contributed by atoms with E-state index in [0.717, 1.165) is 7.11 Å². The minimum atomic E-state index is -5.79. The van der Waals surface area contributed by atoms with Crippen molar-refractivity contribution < 1.29 is 151 Å². The number of ether oxygens (including phenoxy) is 9. The first-order valence-corrected chi connectivity index (χ1v) is 23.1. The Bertz CT molecular complexity index is 2100. The second-order valence-electron chi connectivity index (χ2n) is 13.8. The summed E-state index contributed by atoms with van der Waals surface area (Å²) in [4.78, 5) is 25.5. The number of rotatable bonds is 18. The number of nitrogens with two attached hydrogens (primary N) is 2. The standard InChI is InChI=1S/C26H44N2O33S4/c1-49-22(35)18-11(31)10(30)12(32)25(58-18)56-15-6(4-52-63(40,41)42)54-24(8(28)16(15)60-64(43,44)45)57-17-13(33)19(61-65(46,47)48)26(59-20(17)23(36)50-2)55-14-5(3-51-62(37,38)39)53-21(34)7(27)9(14)29/h5-21,24-26,29-34H,3-4,27-28H2,1-2H3,(H,37,38,39)(H,40,41,42)(H,43,44,45)(H,46,47,48)/t5-,6-,7-,8-,9-,10+,11+,12-,13+,14-,15-,16-,17+,18+,19-,20-,21?,24-,25-,26-/m1/s1. The minimum absolute atomic E-state index is 0.694. The van der Waals surface area contributed by atoms with E-state index in [-0.39, 0.29) is 0 Å². The van der Waals surface area contributed by atoms with Crippen molar-refractivity contribution in [3.8, 4) is 0 Å². The molecule has 0 aliphatic carbocycles. The van der Waals surface area contributed by atoms with Gasteiger partial charge in [-0.05, 0) is 0 Å². The van der Waals surface area contributed by atoms with Crippen molar-refractivity contribution in [2.24, 2.45) is 11.5 Å². The molecule has 0 spiro atoms. The Morgan fingerprint density at radius 1 is 0.477 bits per heavy atom. The summed E-state index contributed by atoms with van der Waals surface area (Å²) in [5, 5.41) is 63.9. The molecule has 4 rings (SSSR count). The summed E-state index contributed by atoms with van der Waals surface area (Å²) in [7, 11) is -20.8. The lowest BCUT2D eigenvalue weighted by molar-refractivity contribution is -0.366. The molecule has 4 heterocycles. The molecule has 0 aromatic rings. The number of hydrogen-bond acceptors (Lipinski definition) is 31. The van der Waals surface area contributed by atoms with Gasteiger partial charge in [0.2, 0.25) is 0 Å². The molecule has 20 atom stereocenters. The van der Waals surface area contributed by atoms with Crippen molar-refractivity contribution in [1.82, 2.24) is 0 Å². The summed E-state index contributed by atoms with van der Waals surface area (Å²) < 4.78 is 197. The number of carbonyl (C=O) groups is 2. The Balaban J connectivity index is 1.76. The van der Waals surface area contributed by atoms with Crippen LogP contribution in [-0.4, -0.2) is 245 Å². The fourth-order valence-corrected chi connectivity index (χ4v) is 8.16. The van der Waals surface area contributed by atoms with Gasteiger partial charge in [-0.15, -0.1) is 0 Å². The minimum Gasteiger partial charge on any atom is -0.467 e. The van der Waals surface area contributed by atoms with E-state index in [1.54, 1.807) is 0 Å². The zero-order chi connectivity index (χ0) is 49.3. The zero-order valence-corrected chi connectivity index (χ0v) is 35.9. The topological polar surface area (TPSA) is 545 Å². The van der Waals surface area contributed by atoms with E-state index in [9.17, 15) is 87.6 Å². The maximum Gasteiger partial charge on any atom is 0.397 e. The fourth-order valence-electron chi connectivity index (χ4n) is 6.54. The van der Waals surface area contributed by atoms with Gasteiger partial charge in [-0.2, -0.15) is 33.7 Å². The molecular weight excluding hydrogens is 997 g/mol. The third-order valence-electron chi connectivity index (χ3n) is 9.49. The Morgan fingerprint density at radius 3 is 1.45 bits per heavy atom. The summed E-state index contributed by atoms with van der Waals surface area (Å²) in [5.41, 5.74) is 11.9. The van der Waals surface area contributed by atoms with Gasteiger partial charge in [-0.1, -0.05) is 0 Å². The molecule has 4 aliphatic rings. The first-order chi connectivity index (χ1) is 29.8. The maximum absolute atomic E-state index is 13.2. The van der Waals surface area contributed by atoms with Crippen LogP contribution in [0.3, 0.4) is 0 Å². The van der Waals surface area contributed by atoms with Gasteiger partial charge in [0.1, 0.15) is 67.1 Å². The van der Waals surface area contributed by atoms with E-state index in [0.29, 0.717) is 7.11 Å². The van der Waals surface area contributed by atoms with Crippen LogP contribution in [0.5, 0.6) is 0 Å². The third-order valence-corrected chi connectivity index (χ3v) is 11.3. The van der Waals surface area contributed by atoms with Crippen LogP contribution >= 0.6 is 0 Å². The maximum atomic E-state index is 13.2. The number of methoxy groups -OCH3 is 2. The smallest absolute Gasteiger partial charge is 0.397 e. The molecule has 14 N–H and O–H groups in total. The van der Waals surface area contributed by atoms with Gasteiger partial charge in [0.05, 0.1) is 39.5 Å². The Morgan fingerprint density at radius 2 is 0.938 bits per heavy atom. The molecule has 1 unspecified atom stereocenters. The number of aliphatic hydroxyl groups excluding tert-OH is 6. The Labute approximate surface area is 365 Å². The lowest BCUT2D eigenvalue weighted by atomic mass is 9.94. The molecule has 0 aromatic heterocycles. The van der Waals surface area contributed by atoms with Gasteiger partial charge in [-0.3, -0.25) is 18.2 Å². The first-order valence-electron chi connectivity index (χ1n) is 17.7. The lowest BCUT2D eigenvalue weighted by Gasteiger charge is -2.49. The Hall–Kier alpha value is -2.18. The summed E-state index contributed by atoms with van der Waals surface area (Å²) >= 11 is 0. The van der Waals surface area contributed by atoms with Crippen LogP contribution in [-0.2, 0) is 111 Å². The highest BCUT2D eigenvalue weighted by atomic mass is 32.3. The van der Waals surface area contributed by atoms with E-state index < -0.39 is 189 Å². The Kier molecular flexibility index (Phi) is 18.4.